The number of nitrogens with two attached hydrogens (primary N) is 2. The molecule has 4 unspecified atom stereocenters. The molecular weight excluding hydrogens is 536 g/mol. The van der Waals surface area contributed by atoms with Crippen LogP contribution in [0, 0.1) is 0 Å². The lowest BCUT2D eigenvalue weighted by Crippen LogP contribution is -2.57. The molecule has 224 valence electrons. The van der Waals surface area contributed by atoms with Gasteiger partial charge in [0, 0.05) is 30.1 Å². The van der Waals surface area contributed by atoms with Crippen molar-refractivity contribution in [3.63, 3.8) is 0 Å². The molecule has 0 aliphatic carbocycles. The molecule has 4 atom stereocenters. The Kier molecular flexibility index (Phi) is 10.7. The topological polar surface area (TPSA) is 184 Å². The van der Waals surface area contributed by atoms with Gasteiger partial charge in [0.15, 0.2) is 0 Å². The van der Waals surface area contributed by atoms with Crippen LogP contribution in [-0.4, -0.2) is 75.9 Å². The van der Waals surface area contributed by atoms with Crippen LogP contribution in [0.15, 0.2) is 60.8 Å². The summed E-state index contributed by atoms with van der Waals surface area (Å²) in [6, 6.07) is 13.3. The third kappa shape index (κ3) is 7.74. The van der Waals surface area contributed by atoms with E-state index in [2.05, 4.69) is 15.6 Å². The molecular formula is C31H40N6O5. The molecule has 0 bridgehead atoms. The number of H-pyrrole nitrogens is 1. The van der Waals surface area contributed by atoms with Gasteiger partial charge in [-0.15, -0.1) is 0 Å². The van der Waals surface area contributed by atoms with E-state index in [0.29, 0.717) is 38.8 Å². The zero-order valence-corrected chi connectivity index (χ0v) is 23.6. The summed E-state index contributed by atoms with van der Waals surface area (Å²) >= 11 is 0. The summed E-state index contributed by atoms with van der Waals surface area (Å²) < 4.78 is 0. The second-order valence-corrected chi connectivity index (χ2v) is 10.8. The Labute approximate surface area is 245 Å². The smallest absolute Gasteiger partial charge is 0.326 e. The van der Waals surface area contributed by atoms with Gasteiger partial charge in [0.2, 0.25) is 17.7 Å². The molecule has 8 N–H and O–H groups in total. The van der Waals surface area contributed by atoms with Crippen LogP contribution in [-0.2, 0) is 32.0 Å². The molecule has 0 radical (unpaired) electrons. The van der Waals surface area contributed by atoms with Crippen molar-refractivity contribution in [1.29, 1.82) is 0 Å². The lowest BCUT2D eigenvalue weighted by Gasteiger charge is -2.30. The zero-order valence-electron chi connectivity index (χ0n) is 23.6. The molecule has 1 fully saturated rings. The summed E-state index contributed by atoms with van der Waals surface area (Å²) in [6.07, 6.45) is 4.77. The number of unbranched alkanes of at least 4 members (excludes halogenated alkanes) is 1. The highest BCUT2D eigenvalue weighted by Gasteiger charge is 2.39. The molecule has 1 aromatic heterocycles. The summed E-state index contributed by atoms with van der Waals surface area (Å²) in [4.78, 5) is 56.8. The van der Waals surface area contributed by atoms with Gasteiger partial charge in [-0.05, 0) is 62.3 Å². The number of aromatic amines is 1. The summed E-state index contributed by atoms with van der Waals surface area (Å²) in [6.45, 7) is 0.759. The number of benzene rings is 2. The van der Waals surface area contributed by atoms with Gasteiger partial charge in [-0.2, -0.15) is 0 Å². The molecule has 2 heterocycles. The van der Waals surface area contributed by atoms with E-state index in [1.807, 2.05) is 60.8 Å². The Bertz CT molecular complexity index is 1380. The first kappa shape index (κ1) is 30.7. The monoisotopic (exact) mass is 576 g/mol. The number of carboxylic acids is 1. The second-order valence-electron chi connectivity index (χ2n) is 10.8. The third-order valence-electron chi connectivity index (χ3n) is 7.75. The van der Waals surface area contributed by atoms with Crippen molar-refractivity contribution in [3.8, 4) is 0 Å². The molecule has 11 heteroatoms. The van der Waals surface area contributed by atoms with Crippen LogP contribution in [0.3, 0.4) is 0 Å². The maximum atomic E-state index is 13.9. The van der Waals surface area contributed by atoms with Crippen molar-refractivity contribution in [3.05, 3.63) is 71.9 Å². The fourth-order valence-corrected chi connectivity index (χ4v) is 5.48. The lowest BCUT2D eigenvalue weighted by molar-refractivity contribution is -0.145. The first-order valence-corrected chi connectivity index (χ1v) is 14.5. The highest BCUT2D eigenvalue weighted by Crippen LogP contribution is 2.21. The quantitative estimate of drug-likeness (QED) is 0.157. The SMILES string of the molecule is NCCCCC(NC(=O)C1CCCN1C(=O)C(Cc1ccccc1)NC(=O)C(N)Cc1c[nH]c2ccccc12)C(=O)O. The summed E-state index contributed by atoms with van der Waals surface area (Å²) in [5, 5.41) is 16.0. The Morgan fingerprint density at radius 2 is 1.71 bits per heavy atom. The predicted molar refractivity (Wildman–Crippen MR) is 159 cm³/mol. The first-order chi connectivity index (χ1) is 20.3. The van der Waals surface area contributed by atoms with Crippen LogP contribution >= 0.6 is 0 Å². The van der Waals surface area contributed by atoms with Crippen LogP contribution in [0.4, 0.5) is 0 Å². The van der Waals surface area contributed by atoms with Crippen LogP contribution in [0.2, 0.25) is 0 Å². The number of fused-ring (bicyclic) bond motifs is 1. The Hall–Kier alpha value is -4.22. The molecule has 2 aromatic carbocycles. The summed E-state index contributed by atoms with van der Waals surface area (Å²) in [5.41, 5.74) is 14.5. The summed E-state index contributed by atoms with van der Waals surface area (Å²) in [7, 11) is 0. The lowest BCUT2D eigenvalue weighted by atomic mass is 10.0. The molecule has 3 amide bonds. The Morgan fingerprint density at radius 1 is 0.976 bits per heavy atom. The second kappa shape index (κ2) is 14.6. The van der Waals surface area contributed by atoms with Crippen molar-refractivity contribution in [2.75, 3.05) is 13.1 Å². The van der Waals surface area contributed by atoms with Crippen LogP contribution in [0.5, 0.6) is 0 Å². The Balaban J connectivity index is 1.47. The number of rotatable bonds is 14. The number of carbonyl (C=O) groups is 4. The number of hydrogen-bond acceptors (Lipinski definition) is 6. The van der Waals surface area contributed by atoms with Crippen molar-refractivity contribution >= 4 is 34.6 Å². The standard InChI is InChI=1S/C31H40N6O5/c32-15-7-6-13-25(31(41)42)35-29(39)27-14-8-16-37(27)30(40)26(17-20-9-2-1-3-10-20)36-28(38)23(33)18-21-19-34-24-12-5-4-11-22(21)24/h1-5,9-12,19,23,25-27,34H,6-8,13-18,32-33H2,(H,35,39)(H,36,38)(H,41,42). The van der Waals surface area contributed by atoms with E-state index in [-0.39, 0.29) is 19.3 Å². The number of amides is 3. The number of nitrogens with zero attached hydrogens (tertiary/aromatic N) is 1. The normalized spacial score (nSPS) is 17.0. The van der Waals surface area contributed by atoms with E-state index >= 15 is 0 Å². The fraction of sp³-hybridized carbons (Fsp3) is 0.419. The molecule has 0 spiro atoms. The molecule has 3 aromatic rings. The van der Waals surface area contributed by atoms with Crippen LogP contribution in [0.25, 0.3) is 10.9 Å². The molecule has 42 heavy (non-hydrogen) atoms. The minimum absolute atomic E-state index is 0.215. The highest BCUT2D eigenvalue weighted by molar-refractivity contribution is 5.95. The van der Waals surface area contributed by atoms with Crippen molar-refractivity contribution in [1.82, 2.24) is 20.5 Å². The number of hydrogen-bond donors (Lipinski definition) is 6. The molecule has 0 saturated carbocycles. The van der Waals surface area contributed by atoms with Gasteiger partial charge < -0.3 is 37.1 Å². The van der Waals surface area contributed by atoms with Gasteiger partial charge in [0.1, 0.15) is 18.1 Å². The molecule has 1 aliphatic heterocycles. The molecule has 1 saturated heterocycles. The predicted octanol–water partition coefficient (Wildman–Crippen LogP) is 1.45. The number of nitrogens with one attached hydrogen (secondary N) is 3. The van der Waals surface area contributed by atoms with Crippen molar-refractivity contribution in [2.24, 2.45) is 11.5 Å². The van der Waals surface area contributed by atoms with E-state index in [1.54, 1.807) is 0 Å². The van der Waals surface area contributed by atoms with Crippen molar-refractivity contribution in [2.45, 2.75) is 69.1 Å². The van der Waals surface area contributed by atoms with Crippen LogP contribution in [0.1, 0.15) is 43.2 Å². The first-order valence-electron chi connectivity index (χ1n) is 14.5. The van der Waals surface area contributed by atoms with E-state index in [1.165, 1.54) is 4.90 Å². The molecule has 1 aliphatic rings. The number of likely N-dealkylation sites (tertiary alicyclic amines) is 1. The number of aliphatic carboxylic acids is 1. The van der Waals surface area contributed by atoms with Crippen molar-refractivity contribution < 1.29 is 24.3 Å². The number of carboxylic acid groups (broad SMARTS) is 1. The largest absolute Gasteiger partial charge is 0.480 e. The maximum absolute atomic E-state index is 13.9. The summed E-state index contributed by atoms with van der Waals surface area (Å²) in [5.74, 6) is -2.52. The number of carbonyl (C=O) groups excluding carboxylic acids is 3. The number of aromatic nitrogens is 1. The maximum Gasteiger partial charge on any atom is 0.326 e. The number of para-hydroxylation sites is 1. The van der Waals surface area contributed by atoms with Gasteiger partial charge in [-0.3, -0.25) is 14.4 Å². The van der Waals surface area contributed by atoms with Gasteiger partial charge in [0.25, 0.3) is 0 Å². The van der Waals surface area contributed by atoms with Gasteiger partial charge >= 0.3 is 5.97 Å². The molecule has 4 rings (SSSR count). The average molecular weight is 577 g/mol. The van der Waals surface area contributed by atoms with Gasteiger partial charge in [-0.25, -0.2) is 4.79 Å². The van der Waals surface area contributed by atoms with E-state index < -0.39 is 47.9 Å². The molecule has 11 nitrogen and oxygen atoms in total. The highest BCUT2D eigenvalue weighted by atomic mass is 16.4. The van der Waals surface area contributed by atoms with E-state index in [0.717, 1.165) is 22.0 Å². The zero-order chi connectivity index (χ0) is 30.1. The van der Waals surface area contributed by atoms with Gasteiger partial charge in [0.05, 0.1) is 6.04 Å². The minimum atomic E-state index is -1.13. The Morgan fingerprint density at radius 3 is 2.45 bits per heavy atom. The van der Waals surface area contributed by atoms with E-state index in [4.69, 9.17) is 11.5 Å². The minimum Gasteiger partial charge on any atom is -0.480 e. The van der Waals surface area contributed by atoms with Crippen LogP contribution < -0.4 is 22.1 Å². The third-order valence-corrected chi connectivity index (χ3v) is 7.75. The van der Waals surface area contributed by atoms with Gasteiger partial charge in [-0.1, -0.05) is 48.5 Å². The fourth-order valence-electron chi connectivity index (χ4n) is 5.48. The average Bonchev–Trinajstić information content (AvgIpc) is 3.64. The van der Waals surface area contributed by atoms with E-state index in [9.17, 15) is 24.3 Å².